The van der Waals surface area contributed by atoms with Crippen LogP contribution in [0.5, 0.6) is 0 Å². The summed E-state index contributed by atoms with van der Waals surface area (Å²) in [5.41, 5.74) is 0.905. The third-order valence-electron chi connectivity index (χ3n) is 4.72. The molecule has 1 saturated heterocycles. The van der Waals surface area contributed by atoms with E-state index >= 15 is 0 Å². The molecule has 1 aromatic carbocycles. The van der Waals surface area contributed by atoms with Crippen LogP contribution in [-0.2, 0) is 4.79 Å². The summed E-state index contributed by atoms with van der Waals surface area (Å²) < 4.78 is 0. The minimum Gasteiger partial charge on any atom is -0.354 e. The molecule has 0 atom stereocenters. The van der Waals surface area contributed by atoms with Gasteiger partial charge in [-0.15, -0.1) is 0 Å². The Bertz CT molecular complexity index is 743. The molecule has 0 bridgehead atoms. The van der Waals surface area contributed by atoms with Crippen LogP contribution in [0.3, 0.4) is 0 Å². The maximum Gasteiger partial charge on any atom is 0.321 e. The molecule has 0 radical (unpaired) electrons. The van der Waals surface area contributed by atoms with Crippen molar-refractivity contribution in [3.05, 3.63) is 28.8 Å². The number of hydrogen-bond acceptors (Lipinski definition) is 3. The van der Waals surface area contributed by atoms with Crippen LogP contribution in [0.1, 0.15) is 50.9 Å². The average Bonchev–Trinajstić information content (AvgIpc) is 2.65. The zero-order valence-electron chi connectivity index (χ0n) is 17.5. The number of piperidine rings is 1. The molecule has 1 heterocycles. The highest BCUT2D eigenvalue weighted by molar-refractivity contribution is 6.34. The predicted octanol–water partition coefficient (Wildman–Crippen LogP) is 3.49. The predicted molar refractivity (Wildman–Crippen MR) is 115 cm³/mol. The molecule has 160 valence electrons. The third-order valence-corrected chi connectivity index (χ3v) is 5.03. The molecule has 8 heteroatoms. The molecule has 0 aliphatic carbocycles. The van der Waals surface area contributed by atoms with Crippen LogP contribution >= 0.6 is 11.6 Å². The minimum absolute atomic E-state index is 0.0539. The number of nitrogens with one attached hydrogen (secondary N) is 3. The van der Waals surface area contributed by atoms with Crippen molar-refractivity contribution in [2.45, 2.75) is 46.6 Å². The number of carbonyl (C=O) groups is 3. The smallest absolute Gasteiger partial charge is 0.321 e. The number of anilines is 1. The Kier molecular flexibility index (Phi) is 8.32. The van der Waals surface area contributed by atoms with Crippen molar-refractivity contribution in [3.8, 4) is 0 Å². The lowest BCUT2D eigenvalue weighted by Gasteiger charge is -2.31. The Morgan fingerprint density at radius 2 is 1.79 bits per heavy atom. The highest BCUT2D eigenvalue weighted by Crippen LogP contribution is 2.23. The lowest BCUT2D eigenvalue weighted by atomic mass is 9.96. The van der Waals surface area contributed by atoms with Crippen LogP contribution in [0.25, 0.3) is 0 Å². The number of urea groups is 1. The lowest BCUT2D eigenvalue weighted by molar-refractivity contribution is -0.126. The van der Waals surface area contributed by atoms with E-state index < -0.39 is 0 Å². The molecule has 29 heavy (non-hydrogen) atoms. The van der Waals surface area contributed by atoms with Gasteiger partial charge in [0, 0.05) is 37.3 Å². The van der Waals surface area contributed by atoms with E-state index in [0.717, 1.165) is 0 Å². The first-order valence-electron chi connectivity index (χ1n) is 10.1. The Balaban J connectivity index is 1.89. The summed E-state index contributed by atoms with van der Waals surface area (Å²) in [6.07, 6.45) is 1.28. The molecule has 1 aliphatic heterocycles. The number of rotatable bonds is 6. The fourth-order valence-corrected chi connectivity index (χ4v) is 3.39. The second-order valence-electron chi connectivity index (χ2n) is 8.15. The minimum atomic E-state index is -0.235. The maximum atomic E-state index is 12.5. The Morgan fingerprint density at radius 1 is 1.14 bits per heavy atom. The topological polar surface area (TPSA) is 90.5 Å². The molecule has 1 fully saturated rings. The molecular formula is C21H31ClN4O3. The number of hydrogen-bond donors (Lipinski definition) is 3. The third kappa shape index (κ3) is 6.92. The van der Waals surface area contributed by atoms with E-state index in [2.05, 4.69) is 16.0 Å². The number of likely N-dealkylation sites (tertiary alicyclic amines) is 1. The van der Waals surface area contributed by atoms with Crippen molar-refractivity contribution in [1.82, 2.24) is 15.5 Å². The van der Waals surface area contributed by atoms with Crippen molar-refractivity contribution < 1.29 is 14.4 Å². The molecule has 0 unspecified atom stereocenters. The first-order chi connectivity index (χ1) is 13.7. The summed E-state index contributed by atoms with van der Waals surface area (Å²) in [6, 6.07) is 4.73. The van der Waals surface area contributed by atoms with Gasteiger partial charge in [0.2, 0.25) is 5.91 Å². The van der Waals surface area contributed by atoms with Crippen molar-refractivity contribution in [1.29, 1.82) is 0 Å². The quantitative estimate of drug-likeness (QED) is 0.655. The highest BCUT2D eigenvalue weighted by Gasteiger charge is 2.27. The van der Waals surface area contributed by atoms with Gasteiger partial charge in [0.15, 0.2) is 0 Å². The molecule has 4 amide bonds. The van der Waals surface area contributed by atoms with E-state index in [4.69, 9.17) is 11.6 Å². The van der Waals surface area contributed by atoms with Gasteiger partial charge in [0.25, 0.3) is 5.91 Å². The fourth-order valence-electron chi connectivity index (χ4n) is 3.12. The molecule has 1 aromatic rings. The van der Waals surface area contributed by atoms with Gasteiger partial charge in [-0.05, 0) is 50.8 Å². The number of halogens is 1. The number of nitrogens with zero attached hydrogens (tertiary/aromatic N) is 1. The summed E-state index contributed by atoms with van der Waals surface area (Å²) in [4.78, 5) is 38.5. The maximum absolute atomic E-state index is 12.5. The molecule has 3 N–H and O–H groups in total. The van der Waals surface area contributed by atoms with E-state index in [1.54, 1.807) is 23.1 Å². The van der Waals surface area contributed by atoms with Crippen LogP contribution in [0, 0.1) is 11.8 Å². The Morgan fingerprint density at radius 3 is 2.34 bits per heavy atom. The first kappa shape index (κ1) is 23.0. The number of carbonyl (C=O) groups excluding carboxylic acids is 3. The van der Waals surface area contributed by atoms with Crippen molar-refractivity contribution >= 4 is 35.1 Å². The van der Waals surface area contributed by atoms with Gasteiger partial charge in [-0.3, -0.25) is 9.59 Å². The summed E-state index contributed by atoms with van der Waals surface area (Å²) in [7, 11) is 0. The van der Waals surface area contributed by atoms with E-state index in [-0.39, 0.29) is 34.8 Å². The molecule has 0 aromatic heterocycles. The normalized spacial score (nSPS) is 14.8. The van der Waals surface area contributed by atoms with Gasteiger partial charge in [0.1, 0.15) is 0 Å². The average molecular weight is 423 g/mol. The van der Waals surface area contributed by atoms with Crippen molar-refractivity contribution in [2.24, 2.45) is 11.8 Å². The molecular weight excluding hydrogens is 392 g/mol. The molecule has 2 rings (SSSR count). The summed E-state index contributed by atoms with van der Waals surface area (Å²) in [5, 5.41) is 8.85. The van der Waals surface area contributed by atoms with Crippen LogP contribution < -0.4 is 16.0 Å². The van der Waals surface area contributed by atoms with Crippen LogP contribution in [0.2, 0.25) is 5.02 Å². The second-order valence-corrected chi connectivity index (χ2v) is 8.56. The molecule has 7 nitrogen and oxygen atoms in total. The van der Waals surface area contributed by atoms with E-state index in [0.29, 0.717) is 49.6 Å². The molecule has 0 saturated carbocycles. The fraction of sp³-hybridized carbons (Fsp3) is 0.571. The molecule has 0 spiro atoms. The van der Waals surface area contributed by atoms with E-state index in [1.807, 2.05) is 27.7 Å². The Labute approximate surface area is 177 Å². The standard InChI is InChI=1S/C21H31ClN4O3/c1-13(2)12-23-20(28)17-6-5-16(11-18(17)22)25-21(29)26-9-7-15(8-10-26)19(27)24-14(3)4/h5-6,11,13-15H,7-10,12H2,1-4H3,(H,23,28)(H,24,27)(H,25,29). The largest absolute Gasteiger partial charge is 0.354 e. The van der Waals surface area contributed by atoms with E-state index in [1.165, 1.54) is 0 Å². The zero-order chi connectivity index (χ0) is 21.6. The summed E-state index contributed by atoms with van der Waals surface area (Å²) >= 11 is 6.23. The van der Waals surface area contributed by atoms with Gasteiger partial charge in [-0.2, -0.15) is 0 Å². The van der Waals surface area contributed by atoms with Gasteiger partial charge >= 0.3 is 6.03 Å². The summed E-state index contributed by atoms with van der Waals surface area (Å²) in [5.74, 6) is 0.109. The van der Waals surface area contributed by atoms with Gasteiger partial charge in [0.05, 0.1) is 10.6 Å². The molecule has 1 aliphatic rings. The van der Waals surface area contributed by atoms with Gasteiger partial charge in [-0.25, -0.2) is 4.79 Å². The number of benzene rings is 1. The lowest BCUT2D eigenvalue weighted by Crippen LogP contribution is -2.45. The number of amides is 4. The summed E-state index contributed by atoms with van der Waals surface area (Å²) in [6.45, 7) is 9.51. The first-order valence-corrected chi connectivity index (χ1v) is 10.5. The Hall–Kier alpha value is -2.28. The SMILES string of the molecule is CC(C)CNC(=O)c1ccc(NC(=O)N2CCC(C(=O)NC(C)C)CC2)cc1Cl. The van der Waals surface area contributed by atoms with Crippen LogP contribution in [-0.4, -0.2) is 48.4 Å². The zero-order valence-corrected chi connectivity index (χ0v) is 18.3. The van der Waals surface area contributed by atoms with Gasteiger partial charge < -0.3 is 20.9 Å². The highest BCUT2D eigenvalue weighted by atomic mass is 35.5. The monoisotopic (exact) mass is 422 g/mol. The second kappa shape index (κ2) is 10.5. The van der Waals surface area contributed by atoms with Crippen molar-refractivity contribution in [2.75, 3.05) is 25.0 Å². The van der Waals surface area contributed by atoms with Gasteiger partial charge in [-0.1, -0.05) is 25.4 Å². The van der Waals surface area contributed by atoms with Crippen molar-refractivity contribution in [3.63, 3.8) is 0 Å². The van der Waals surface area contributed by atoms with Crippen LogP contribution in [0.4, 0.5) is 10.5 Å². The van der Waals surface area contributed by atoms with Crippen LogP contribution in [0.15, 0.2) is 18.2 Å². The van der Waals surface area contributed by atoms with E-state index in [9.17, 15) is 14.4 Å².